The zero-order chi connectivity index (χ0) is 22.1. The number of imide groups is 1. The van der Waals surface area contributed by atoms with E-state index in [1.807, 2.05) is 94.4 Å². The number of anilines is 2. The Bertz CT molecular complexity index is 1200. The Labute approximate surface area is 187 Å². The zero-order valence-corrected chi connectivity index (χ0v) is 18.8. The van der Waals surface area contributed by atoms with Crippen molar-refractivity contribution in [3.8, 4) is 0 Å². The van der Waals surface area contributed by atoms with E-state index in [-0.39, 0.29) is 11.8 Å². The van der Waals surface area contributed by atoms with Crippen LogP contribution in [-0.4, -0.2) is 11.8 Å². The highest BCUT2D eigenvalue weighted by Crippen LogP contribution is 2.38. The lowest BCUT2D eigenvalue weighted by atomic mass is 10.1. The maximum Gasteiger partial charge on any atom is 0.283 e. The lowest BCUT2D eigenvalue weighted by Gasteiger charge is -2.17. The lowest BCUT2D eigenvalue weighted by Crippen LogP contribution is -2.32. The van der Waals surface area contributed by atoms with E-state index in [2.05, 4.69) is 5.32 Å². The SMILES string of the molecule is Cc1cc(C)cc(N2C(=O)C(Nc3cccc(C)c3C)=C(Sc3ccccc3)C2=O)c1. The number of hydrogen-bond donors (Lipinski definition) is 1. The fourth-order valence-electron chi connectivity index (χ4n) is 3.66. The van der Waals surface area contributed by atoms with Crippen LogP contribution in [0.1, 0.15) is 22.3 Å². The van der Waals surface area contributed by atoms with Gasteiger partial charge in [0.2, 0.25) is 0 Å². The fraction of sp³-hybridized carbons (Fsp3) is 0.154. The quantitative estimate of drug-likeness (QED) is 0.513. The topological polar surface area (TPSA) is 49.4 Å². The number of hydrogen-bond acceptors (Lipinski definition) is 4. The van der Waals surface area contributed by atoms with Gasteiger partial charge in [-0.05, 0) is 80.3 Å². The molecule has 0 aromatic heterocycles. The minimum absolute atomic E-state index is 0.309. The first-order valence-corrected chi connectivity index (χ1v) is 10.9. The summed E-state index contributed by atoms with van der Waals surface area (Å²) in [7, 11) is 0. The Morgan fingerprint density at radius 1 is 0.774 bits per heavy atom. The van der Waals surface area contributed by atoms with Crippen molar-refractivity contribution in [1.29, 1.82) is 0 Å². The van der Waals surface area contributed by atoms with Crippen LogP contribution >= 0.6 is 11.8 Å². The molecule has 3 aromatic rings. The number of benzene rings is 3. The minimum atomic E-state index is -0.339. The molecule has 156 valence electrons. The van der Waals surface area contributed by atoms with E-state index >= 15 is 0 Å². The fourth-order valence-corrected chi connectivity index (χ4v) is 4.60. The van der Waals surface area contributed by atoms with Crippen LogP contribution in [0, 0.1) is 27.7 Å². The Morgan fingerprint density at radius 2 is 1.45 bits per heavy atom. The van der Waals surface area contributed by atoms with Gasteiger partial charge in [-0.2, -0.15) is 0 Å². The predicted octanol–water partition coefficient (Wildman–Crippen LogP) is 5.91. The van der Waals surface area contributed by atoms with Crippen LogP contribution in [0.5, 0.6) is 0 Å². The van der Waals surface area contributed by atoms with Gasteiger partial charge in [-0.1, -0.05) is 48.2 Å². The summed E-state index contributed by atoms with van der Waals surface area (Å²) in [6, 6.07) is 21.3. The van der Waals surface area contributed by atoms with Gasteiger partial charge in [-0.3, -0.25) is 9.59 Å². The van der Waals surface area contributed by atoms with E-state index in [9.17, 15) is 9.59 Å². The van der Waals surface area contributed by atoms with Crippen molar-refractivity contribution in [3.63, 3.8) is 0 Å². The van der Waals surface area contributed by atoms with E-state index in [0.717, 1.165) is 32.8 Å². The molecular formula is C26H24N2O2S. The number of carbonyl (C=O) groups is 2. The van der Waals surface area contributed by atoms with Gasteiger partial charge in [-0.25, -0.2) is 4.90 Å². The minimum Gasteiger partial charge on any atom is -0.350 e. The summed E-state index contributed by atoms with van der Waals surface area (Å²) < 4.78 is 0. The predicted molar refractivity (Wildman–Crippen MR) is 127 cm³/mol. The molecule has 0 saturated heterocycles. The monoisotopic (exact) mass is 428 g/mol. The normalized spacial score (nSPS) is 13.9. The number of nitrogens with zero attached hydrogens (tertiary/aromatic N) is 1. The third-order valence-electron chi connectivity index (χ3n) is 5.33. The summed E-state index contributed by atoms with van der Waals surface area (Å²) in [4.78, 5) is 29.6. The van der Waals surface area contributed by atoms with Crippen LogP contribution in [0.25, 0.3) is 0 Å². The summed E-state index contributed by atoms with van der Waals surface area (Å²) >= 11 is 1.31. The van der Waals surface area contributed by atoms with E-state index in [1.165, 1.54) is 16.7 Å². The summed E-state index contributed by atoms with van der Waals surface area (Å²) in [5, 5.41) is 3.28. The second-order valence-electron chi connectivity index (χ2n) is 7.78. The molecule has 4 rings (SSSR count). The highest BCUT2D eigenvalue weighted by molar-refractivity contribution is 8.04. The van der Waals surface area contributed by atoms with E-state index in [0.29, 0.717) is 16.3 Å². The van der Waals surface area contributed by atoms with Crippen LogP contribution in [0.2, 0.25) is 0 Å². The molecule has 0 saturated carbocycles. The number of carbonyl (C=O) groups excluding carboxylic acids is 2. The highest BCUT2D eigenvalue weighted by Gasteiger charge is 2.40. The van der Waals surface area contributed by atoms with Crippen molar-refractivity contribution < 1.29 is 9.59 Å². The van der Waals surface area contributed by atoms with Crippen LogP contribution < -0.4 is 10.2 Å². The van der Waals surface area contributed by atoms with Gasteiger partial charge in [0.05, 0.1) is 5.69 Å². The largest absolute Gasteiger partial charge is 0.350 e. The number of aryl methyl sites for hydroxylation is 3. The molecule has 2 amide bonds. The van der Waals surface area contributed by atoms with Crippen molar-refractivity contribution in [3.05, 3.63) is 99.6 Å². The summed E-state index contributed by atoms with van der Waals surface area (Å²) in [5.74, 6) is -0.647. The first kappa shape index (κ1) is 20.9. The third kappa shape index (κ3) is 4.14. The number of rotatable bonds is 5. The lowest BCUT2D eigenvalue weighted by molar-refractivity contribution is -0.120. The number of thioether (sulfide) groups is 1. The molecule has 0 unspecified atom stereocenters. The third-order valence-corrected chi connectivity index (χ3v) is 6.42. The molecule has 0 bridgehead atoms. The molecule has 1 aliphatic rings. The molecule has 1 N–H and O–H groups in total. The van der Waals surface area contributed by atoms with Crippen LogP contribution in [-0.2, 0) is 9.59 Å². The Hall–Kier alpha value is -3.31. The molecular weight excluding hydrogens is 404 g/mol. The second-order valence-corrected chi connectivity index (χ2v) is 8.87. The second kappa shape index (κ2) is 8.44. The molecule has 1 aliphatic heterocycles. The van der Waals surface area contributed by atoms with Gasteiger partial charge in [0.25, 0.3) is 11.8 Å². The van der Waals surface area contributed by atoms with Crippen molar-refractivity contribution in [2.75, 3.05) is 10.2 Å². The molecule has 4 nitrogen and oxygen atoms in total. The van der Waals surface area contributed by atoms with Crippen molar-refractivity contribution in [2.24, 2.45) is 0 Å². The maximum atomic E-state index is 13.5. The van der Waals surface area contributed by atoms with Crippen LogP contribution in [0.4, 0.5) is 11.4 Å². The van der Waals surface area contributed by atoms with Crippen LogP contribution in [0.3, 0.4) is 0 Å². The van der Waals surface area contributed by atoms with Crippen molar-refractivity contribution in [1.82, 2.24) is 0 Å². The van der Waals surface area contributed by atoms with Gasteiger partial charge in [0.1, 0.15) is 10.6 Å². The van der Waals surface area contributed by atoms with Crippen molar-refractivity contribution >= 4 is 35.0 Å². The summed E-state index contributed by atoms with van der Waals surface area (Å²) in [5.41, 5.74) is 5.90. The zero-order valence-electron chi connectivity index (χ0n) is 18.0. The molecule has 3 aromatic carbocycles. The maximum absolute atomic E-state index is 13.5. The standard InChI is InChI=1S/C26H24N2O2S/c1-16-13-17(2)15-20(14-16)28-25(29)23(27-22-12-8-9-18(3)19(22)4)24(26(28)30)31-21-10-6-5-7-11-21/h5-15,27H,1-4H3. The first-order valence-electron chi connectivity index (χ1n) is 10.1. The van der Waals surface area contributed by atoms with Gasteiger partial charge in [0.15, 0.2) is 0 Å². The van der Waals surface area contributed by atoms with Gasteiger partial charge >= 0.3 is 0 Å². The van der Waals surface area contributed by atoms with E-state index < -0.39 is 0 Å². The average Bonchev–Trinajstić information content (AvgIpc) is 2.95. The number of amides is 2. The van der Waals surface area contributed by atoms with Crippen LogP contribution in [0.15, 0.2) is 82.2 Å². The van der Waals surface area contributed by atoms with Crippen molar-refractivity contribution in [2.45, 2.75) is 32.6 Å². The van der Waals surface area contributed by atoms with Gasteiger partial charge in [0, 0.05) is 10.6 Å². The molecule has 31 heavy (non-hydrogen) atoms. The highest BCUT2D eigenvalue weighted by atomic mass is 32.2. The Balaban J connectivity index is 1.79. The molecule has 5 heteroatoms. The van der Waals surface area contributed by atoms with Gasteiger partial charge < -0.3 is 5.32 Å². The molecule has 0 fully saturated rings. The first-order chi connectivity index (χ1) is 14.8. The molecule has 0 radical (unpaired) electrons. The molecule has 1 heterocycles. The Kier molecular flexibility index (Phi) is 5.70. The summed E-state index contributed by atoms with van der Waals surface area (Å²) in [6.07, 6.45) is 0. The van der Waals surface area contributed by atoms with E-state index in [1.54, 1.807) is 0 Å². The number of nitrogens with one attached hydrogen (secondary N) is 1. The smallest absolute Gasteiger partial charge is 0.283 e. The molecule has 0 atom stereocenters. The molecule has 0 aliphatic carbocycles. The Morgan fingerprint density at radius 3 is 2.13 bits per heavy atom. The average molecular weight is 429 g/mol. The molecule has 0 spiro atoms. The summed E-state index contributed by atoms with van der Waals surface area (Å²) in [6.45, 7) is 7.96. The van der Waals surface area contributed by atoms with E-state index in [4.69, 9.17) is 0 Å². The van der Waals surface area contributed by atoms with Gasteiger partial charge in [-0.15, -0.1) is 0 Å².